The second-order valence-corrected chi connectivity index (χ2v) is 10.5. The number of carbonyl (C=O) groups is 4. The van der Waals surface area contributed by atoms with Gasteiger partial charge >= 0.3 is 12.0 Å². The van der Waals surface area contributed by atoms with Crippen LogP contribution in [-0.4, -0.2) is 77.4 Å². The highest BCUT2D eigenvalue weighted by molar-refractivity contribution is 9.08. The predicted molar refractivity (Wildman–Crippen MR) is 158 cm³/mol. The third kappa shape index (κ3) is 6.62. The van der Waals surface area contributed by atoms with E-state index in [1.807, 2.05) is 43.3 Å². The Morgan fingerprint density at radius 2 is 2.05 bits per heavy atom. The highest BCUT2D eigenvalue weighted by Crippen LogP contribution is 2.26. The first-order chi connectivity index (χ1) is 19.6. The summed E-state index contributed by atoms with van der Waals surface area (Å²) >= 11 is 3.43. The van der Waals surface area contributed by atoms with Crippen molar-refractivity contribution in [2.75, 3.05) is 19.7 Å². The summed E-state index contributed by atoms with van der Waals surface area (Å²) in [6, 6.07) is 4.71. The Hall–Kier alpha value is -4.13. The van der Waals surface area contributed by atoms with Crippen molar-refractivity contribution < 1.29 is 23.9 Å². The highest BCUT2D eigenvalue weighted by Gasteiger charge is 2.38. The quantitative estimate of drug-likeness (QED) is 0.101. The first-order valence-electron chi connectivity index (χ1n) is 13.4. The molecule has 7 N–H and O–H groups in total. The van der Waals surface area contributed by atoms with Gasteiger partial charge in [-0.1, -0.05) is 59.3 Å². The Morgan fingerprint density at radius 1 is 1.29 bits per heavy atom. The number of nitrogens with one attached hydrogen (secondary N) is 5. The number of amides is 4. The number of hydrogen-bond donors (Lipinski definition) is 6. The molecule has 41 heavy (non-hydrogen) atoms. The fourth-order valence-corrected chi connectivity index (χ4v) is 5.70. The van der Waals surface area contributed by atoms with Gasteiger partial charge in [0.05, 0.1) is 19.2 Å². The average molecular weight is 629 g/mol. The smallest absolute Gasteiger partial charge is 0.330 e. The number of carbonyl (C=O) groups excluding carboxylic acids is 4. The monoisotopic (exact) mass is 627 g/mol. The molecule has 218 valence electrons. The van der Waals surface area contributed by atoms with Gasteiger partial charge in [0.2, 0.25) is 5.91 Å². The molecule has 13 heteroatoms. The van der Waals surface area contributed by atoms with E-state index in [0.29, 0.717) is 29.6 Å². The minimum Gasteiger partial charge on any atom is -0.464 e. The number of nitrogens with zero attached hydrogens (tertiary/aromatic N) is 1. The molecule has 2 aromatic rings. The van der Waals surface area contributed by atoms with Gasteiger partial charge in [0, 0.05) is 33.9 Å². The minimum atomic E-state index is -1.16. The Balaban J connectivity index is 1.36. The molecule has 4 amide bonds. The fourth-order valence-electron chi connectivity index (χ4n) is 5.12. The van der Waals surface area contributed by atoms with E-state index in [4.69, 9.17) is 15.9 Å². The van der Waals surface area contributed by atoms with Crippen LogP contribution in [-0.2, 0) is 19.7 Å². The summed E-state index contributed by atoms with van der Waals surface area (Å²) in [5.74, 6) is -1.52. The molecule has 2 aliphatic rings. The average Bonchev–Trinajstić information content (AvgIpc) is 3.50. The highest BCUT2D eigenvalue weighted by atomic mass is 79.9. The molecule has 1 aromatic carbocycles. The van der Waals surface area contributed by atoms with Crippen molar-refractivity contribution >= 4 is 56.5 Å². The van der Waals surface area contributed by atoms with Crippen molar-refractivity contribution in [3.8, 4) is 0 Å². The zero-order chi connectivity index (χ0) is 29.7. The molecule has 1 saturated heterocycles. The van der Waals surface area contributed by atoms with E-state index in [9.17, 15) is 19.2 Å². The number of ether oxygens (including phenoxy) is 1. The molecule has 0 spiro atoms. The summed E-state index contributed by atoms with van der Waals surface area (Å²) in [4.78, 5) is 56.4. The second kappa shape index (κ2) is 13.0. The van der Waals surface area contributed by atoms with Gasteiger partial charge in [0.25, 0.3) is 5.91 Å². The maximum Gasteiger partial charge on any atom is 0.330 e. The lowest BCUT2D eigenvalue weighted by Crippen LogP contribution is -2.53. The molecule has 0 radical (unpaired) electrons. The van der Waals surface area contributed by atoms with Crippen molar-refractivity contribution in [2.45, 2.75) is 43.7 Å². The standard InChI is InChI=1S/C28H34BrN7O5/c1-3-41-27(39)21(34-25(37)23-18(13-29)17-6-4-5-7-19(17)33-23)14-32-28(40)35-20-10-11-36(26(20)38)22-9-8-16(24(30)31)12-15(22)2/h4-9,12,15,20-22,33H,3,10-11,13-14H2,1-2H3,(H3,30,31)(H,34,37)(H2,32,35,40). The van der Waals surface area contributed by atoms with Gasteiger partial charge in [-0.3, -0.25) is 15.0 Å². The van der Waals surface area contributed by atoms with Crippen LogP contribution in [0.15, 0.2) is 48.1 Å². The van der Waals surface area contributed by atoms with E-state index in [-0.39, 0.29) is 36.9 Å². The number of urea groups is 1. The Labute approximate surface area is 245 Å². The van der Waals surface area contributed by atoms with Crippen LogP contribution in [0.1, 0.15) is 36.3 Å². The van der Waals surface area contributed by atoms with Gasteiger partial charge in [-0.15, -0.1) is 0 Å². The fraction of sp³-hybridized carbons (Fsp3) is 0.393. The van der Waals surface area contributed by atoms with E-state index < -0.39 is 30.0 Å². The predicted octanol–water partition coefficient (Wildman–Crippen LogP) is 2.06. The molecule has 1 aliphatic heterocycles. The molecular weight excluding hydrogens is 594 g/mol. The Bertz CT molecular complexity index is 1420. The van der Waals surface area contributed by atoms with Crippen molar-refractivity contribution in [1.82, 2.24) is 25.8 Å². The van der Waals surface area contributed by atoms with E-state index in [1.54, 1.807) is 17.9 Å². The molecule has 2 heterocycles. The number of para-hydroxylation sites is 1. The maximum atomic E-state index is 13.2. The van der Waals surface area contributed by atoms with Crippen LogP contribution in [0.5, 0.6) is 0 Å². The molecule has 4 atom stereocenters. The third-order valence-corrected chi connectivity index (χ3v) is 7.75. The summed E-state index contributed by atoms with van der Waals surface area (Å²) < 4.78 is 5.11. The Kier molecular flexibility index (Phi) is 9.48. The van der Waals surface area contributed by atoms with Crippen LogP contribution in [0.25, 0.3) is 10.9 Å². The summed E-state index contributed by atoms with van der Waals surface area (Å²) in [5.41, 5.74) is 8.01. The topological polar surface area (TPSA) is 182 Å². The molecule has 0 bridgehead atoms. The molecule has 0 saturated carbocycles. The van der Waals surface area contributed by atoms with Gasteiger partial charge in [0.15, 0.2) is 0 Å². The summed E-state index contributed by atoms with van der Waals surface area (Å²) in [5, 5.41) is 16.8. The lowest BCUT2D eigenvalue weighted by molar-refractivity contribution is -0.145. The van der Waals surface area contributed by atoms with Gasteiger partial charge in [-0.2, -0.15) is 0 Å². The number of hydrogen-bond acceptors (Lipinski definition) is 6. The zero-order valence-corrected chi connectivity index (χ0v) is 24.4. The molecule has 4 unspecified atom stereocenters. The van der Waals surface area contributed by atoms with Crippen LogP contribution in [0.3, 0.4) is 0 Å². The summed E-state index contributed by atoms with van der Waals surface area (Å²) in [6.45, 7) is 3.90. The van der Waals surface area contributed by atoms with Crippen molar-refractivity contribution in [3.63, 3.8) is 0 Å². The first kappa shape index (κ1) is 29.8. The molecule has 12 nitrogen and oxygen atoms in total. The number of esters is 1. The SMILES string of the molecule is CCOC(=O)C(CNC(=O)NC1CCN(C2C=CC(C(=N)N)=CC2C)C1=O)NC(=O)c1[nH]c2ccccc2c1CBr. The van der Waals surface area contributed by atoms with Gasteiger partial charge in [-0.05, 0) is 25.3 Å². The Morgan fingerprint density at radius 3 is 2.73 bits per heavy atom. The van der Waals surface area contributed by atoms with Crippen molar-refractivity contribution in [1.29, 1.82) is 5.41 Å². The zero-order valence-electron chi connectivity index (χ0n) is 22.8. The second-order valence-electron chi connectivity index (χ2n) is 9.91. The first-order valence-corrected chi connectivity index (χ1v) is 14.5. The number of likely N-dealkylation sites (tertiary alicyclic amines) is 1. The summed E-state index contributed by atoms with van der Waals surface area (Å²) in [7, 11) is 0. The van der Waals surface area contributed by atoms with E-state index >= 15 is 0 Å². The maximum absolute atomic E-state index is 13.2. The molecular formula is C28H34BrN7O5. The minimum absolute atomic E-state index is 0.0299. The number of fused-ring (bicyclic) bond motifs is 1. The third-order valence-electron chi connectivity index (χ3n) is 7.19. The van der Waals surface area contributed by atoms with Gasteiger partial charge in [0.1, 0.15) is 23.6 Å². The lowest BCUT2D eigenvalue weighted by Gasteiger charge is -2.31. The number of amidine groups is 1. The number of aromatic amines is 1. The number of rotatable bonds is 10. The van der Waals surface area contributed by atoms with Crippen LogP contribution in [0.4, 0.5) is 4.79 Å². The van der Waals surface area contributed by atoms with E-state index in [0.717, 1.165) is 16.5 Å². The van der Waals surface area contributed by atoms with Gasteiger partial charge < -0.3 is 36.3 Å². The molecule has 4 rings (SSSR count). The number of benzene rings is 1. The number of nitrogens with two attached hydrogens (primary N) is 1. The van der Waals surface area contributed by atoms with Crippen LogP contribution in [0.2, 0.25) is 0 Å². The van der Waals surface area contributed by atoms with Crippen LogP contribution in [0, 0.1) is 11.3 Å². The normalized spacial score (nSPS) is 20.9. The molecule has 1 aromatic heterocycles. The van der Waals surface area contributed by atoms with E-state index in [2.05, 4.69) is 36.9 Å². The lowest BCUT2D eigenvalue weighted by atomic mass is 9.91. The van der Waals surface area contributed by atoms with Crippen LogP contribution < -0.4 is 21.7 Å². The van der Waals surface area contributed by atoms with Crippen molar-refractivity contribution in [3.05, 3.63) is 59.3 Å². The number of aromatic nitrogens is 1. The van der Waals surface area contributed by atoms with Gasteiger partial charge in [-0.25, -0.2) is 9.59 Å². The number of H-pyrrole nitrogens is 1. The van der Waals surface area contributed by atoms with Crippen molar-refractivity contribution in [2.24, 2.45) is 11.7 Å². The number of halogens is 1. The molecule has 1 aliphatic carbocycles. The number of alkyl halides is 1. The largest absolute Gasteiger partial charge is 0.464 e. The summed E-state index contributed by atoms with van der Waals surface area (Å²) in [6.07, 6.45) is 5.85. The van der Waals surface area contributed by atoms with Crippen LogP contribution >= 0.6 is 15.9 Å². The molecule has 1 fully saturated rings. The van der Waals surface area contributed by atoms with E-state index in [1.165, 1.54) is 0 Å².